The smallest absolute Gasteiger partial charge is 0.309 e. The fraction of sp³-hybridized carbons (Fsp3) is 0.476. The third-order valence-corrected chi connectivity index (χ3v) is 5.63. The molecule has 0 saturated heterocycles. The molecule has 2 bridgehead atoms. The minimum atomic E-state index is -0.228. The molecule has 6 nitrogen and oxygen atoms in total. The van der Waals surface area contributed by atoms with Gasteiger partial charge in [-0.2, -0.15) is 0 Å². The molecule has 2 aliphatic rings. The van der Waals surface area contributed by atoms with Crippen LogP contribution in [0, 0.1) is 17.8 Å². The second kappa shape index (κ2) is 7.55. The van der Waals surface area contributed by atoms with E-state index in [1.54, 1.807) is 7.11 Å². The Morgan fingerprint density at radius 2 is 1.89 bits per heavy atom. The maximum atomic E-state index is 12.5. The number of ketones is 1. The van der Waals surface area contributed by atoms with Gasteiger partial charge in [-0.3, -0.25) is 9.59 Å². The minimum Gasteiger partial charge on any atom is -0.497 e. The lowest BCUT2D eigenvalue weighted by atomic mass is 9.67. The van der Waals surface area contributed by atoms with Crippen LogP contribution in [-0.4, -0.2) is 23.8 Å². The number of carbonyl (C=O) groups is 2. The van der Waals surface area contributed by atoms with Gasteiger partial charge in [-0.1, -0.05) is 6.42 Å². The van der Waals surface area contributed by atoms with Gasteiger partial charge in [0, 0.05) is 17.4 Å². The number of fused-ring (bicyclic) bond motifs is 2. The van der Waals surface area contributed by atoms with E-state index in [9.17, 15) is 9.59 Å². The Hall–Kier alpha value is -2.63. The molecule has 2 aromatic rings. The number of oxazole rings is 1. The second-order valence-electron chi connectivity index (χ2n) is 7.38. The van der Waals surface area contributed by atoms with E-state index in [0.29, 0.717) is 30.2 Å². The molecule has 2 aliphatic carbocycles. The Kier molecular flexibility index (Phi) is 4.97. The average molecular weight is 369 g/mol. The van der Waals surface area contributed by atoms with E-state index in [0.717, 1.165) is 30.6 Å². The highest BCUT2D eigenvalue weighted by Crippen LogP contribution is 2.40. The molecule has 1 heterocycles. The minimum absolute atomic E-state index is 0.0452. The Morgan fingerprint density at radius 1 is 1.19 bits per heavy atom. The number of nitrogens with zero attached hydrogens (tertiary/aromatic N) is 1. The van der Waals surface area contributed by atoms with Crippen molar-refractivity contribution in [1.82, 2.24) is 4.98 Å². The SMILES string of the molecule is COc1ccc(-c2nc(COC(=O)C3CC4CCCC(C3)C4=O)co2)cc1. The zero-order valence-electron chi connectivity index (χ0n) is 15.3. The van der Waals surface area contributed by atoms with Crippen molar-refractivity contribution in [2.45, 2.75) is 38.7 Å². The summed E-state index contributed by atoms with van der Waals surface area (Å²) in [5, 5.41) is 0. The number of hydrogen-bond acceptors (Lipinski definition) is 6. The van der Waals surface area contributed by atoms with Crippen molar-refractivity contribution in [3.8, 4) is 17.2 Å². The summed E-state index contributed by atoms with van der Waals surface area (Å²) in [4.78, 5) is 29.0. The number of rotatable bonds is 5. The summed E-state index contributed by atoms with van der Waals surface area (Å²) in [7, 11) is 1.61. The van der Waals surface area contributed by atoms with Crippen LogP contribution in [0.4, 0.5) is 0 Å². The van der Waals surface area contributed by atoms with Crippen molar-refractivity contribution in [2.75, 3.05) is 7.11 Å². The Bertz CT molecular complexity index is 809. The molecule has 0 spiro atoms. The van der Waals surface area contributed by atoms with E-state index >= 15 is 0 Å². The molecule has 27 heavy (non-hydrogen) atoms. The molecule has 0 aliphatic heterocycles. The van der Waals surface area contributed by atoms with Gasteiger partial charge in [-0.15, -0.1) is 0 Å². The fourth-order valence-corrected chi connectivity index (χ4v) is 4.17. The third kappa shape index (κ3) is 3.75. The molecule has 1 aromatic heterocycles. The maximum absolute atomic E-state index is 12.5. The number of ether oxygens (including phenoxy) is 2. The topological polar surface area (TPSA) is 78.6 Å². The first-order valence-corrected chi connectivity index (χ1v) is 9.43. The summed E-state index contributed by atoms with van der Waals surface area (Å²) in [6.07, 6.45) is 5.68. The van der Waals surface area contributed by atoms with Crippen molar-refractivity contribution in [3.63, 3.8) is 0 Å². The molecule has 0 N–H and O–H groups in total. The first-order chi connectivity index (χ1) is 13.1. The van der Waals surface area contributed by atoms with Crippen LogP contribution in [0.25, 0.3) is 11.5 Å². The van der Waals surface area contributed by atoms with E-state index in [2.05, 4.69) is 4.98 Å². The third-order valence-electron chi connectivity index (χ3n) is 5.63. The molecule has 142 valence electrons. The van der Waals surface area contributed by atoms with Gasteiger partial charge in [0.2, 0.25) is 5.89 Å². The van der Waals surface area contributed by atoms with Crippen LogP contribution >= 0.6 is 0 Å². The lowest BCUT2D eigenvalue weighted by Crippen LogP contribution is -2.39. The molecule has 0 amide bonds. The van der Waals surface area contributed by atoms with Crippen molar-refractivity contribution in [2.24, 2.45) is 17.8 Å². The van der Waals surface area contributed by atoms with Crippen molar-refractivity contribution < 1.29 is 23.5 Å². The first-order valence-electron chi connectivity index (χ1n) is 9.43. The van der Waals surface area contributed by atoms with Crippen molar-refractivity contribution in [1.29, 1.82) is 0 Å². The van der Waals surface area contributed by atoms with Crippen LogP contribution in [0.15, 0.2) is 34.9 Å². The van der Waals surface area contributed by atoms with Gasteiger partial charge < -0.3 is 13.9 Å². The van der Waals surface area contributed by atoms with Gasteiger partial charge in [0.1, 0.15) is 30.1 Å². The summed E-state index contributed by atoms with van der Waals surface area (Å²) in [5.41, 5.74) is 1.40. The molecule has 4 rings (SSSR count). The molecular weight excluding hydrogens is 346 g/mol. The van der Waals surface area contributed by atoms with Gasteiger partial charge >= 0.3 is 5.97 Å². The number of aromatic nitrogens is 1. The average Bonchev–Trinajstić information content (AvgIpc) is 3.15. The molecule has 2 atom stereocenters. The van der Waals surface area contributed by atoms with E-state index < -0.39 is 0 Å². The molecule has 0 radical (unpaired) electrons. The monoisotopic (exact) mass is 369 g/mol. The van der Waals surface area contributed by atoms with Crippen molar-refractivity contribution >= 4 is 11.8 Å². The van der Waals surface area contributed by atoms with Gasteiger partial charge in [0.25, 0.3) is 0 Å². The lowest BCUT2D eigenvalue weighted by molar-refractivity contribution is -0.154. The zero-order valence-corrected chi connectivity index (χ0v) is 15.3. The van der Waals surface area contributed by atoms with Gasteiger partial charge in [-0.25, -0.2) is 4.98 Å². The van der Waals surface area contributed by atoms with Gasteiger partial charge in [0.15, 0.2) is 0 Å². The van der Waals surface area contributed by atoms with Crippen LogP contribution in [-0.2, 0) is 20.9 Å². The highest BCUT2D eigenvalue weighted by molar-refractivity contribution is 5.87. The predicted molar refractivity (Wildman–Crippen MR) is 96.8 cm³/mol. The summed E-state index contributed by atoms with van der Waals surface area (Å²) < 4.78 is 16.1. The summed E-state index contributed by atoms with van der Waals surface area (Å²) in [6, 6.07) is 7.39. The van der Waals surface area contributed by atoms with Crippen LogP contribution in [0.2, 0.25) is 0 Å². The Morgan fingerprint density at radius 3 is 2.56 bits per heavy atom. The number of esters is 1. The quantitative estimate of drug-likeness (QED) is 0.746. The van der Waals surface area contributed by atoms with Gasteiger partial charge in [0.05, 0.1) is 13.0 Å². The molecule has 2 saturated carbocycles. The van der Waals surface area contributed by atoms with E-state index in [1.807, 2.05) is 24.3 Å². The predicted octanol–water partition coefficient (Wildman–Crippen LogP) is 3.79. The zero-order chi connectivity index (χ0) is 18.8. The fourth-order valence-electron chi connectivity index (χ4n) is 4.17. The summed E-state index contributed by atoms with van der Waals surface area (Å²) >= 11 is 0. The second-order valence-corrected chi connectivity index (χ2v) is 7.38. The van der Waals surface area contributed by atoms with E-state index in [-0.39, 0.29) is 30.3 Å². The summed E-state index contributed by atoms with van der Waals surface area (Å²) in [5.74, 6) is 1.27. The van der Waals surface area contributed by atoms with Gasteiger partial charge in [-0.05, 0) is 49.9 Å². The number of carbonyl (C=O) groups excluding carboxylic acids is 2. The van der Waals surface area contributed by atoms with E-state index in [1.165, 1.54) is 6.26 Å². The molecular formula is C21H23NO5. The lowest BCUT2D eigenvalue weighted by Gasteiger charge is -2.36. The number of benzene rings is 1. The number of Topliss-reactive ketones (excluding diaryl/α,β-unsaturated/α-hetero) is 1. The Balaban J connectivity index is 1.34. The van der Waals surface area contributed by atoms with Crippen LogP contribution in [0.1, 0.15) is 37.8 Å². The van der Waals surface area contributed by atoms with Crippen LogP contribution in [0.3, 0.4) is 0 Å². The molecule has 2 fully saturated rings. The summed E-state index contributed by atoms with van der Waals surface area (Å²) in [6.45, 7) is 0.0816. The van der Waals surface area contributed by atoms with Crippen LogP contribution < -0.4 is 4.74 Å². The highest BCUT2D eigenvalue weighted by Gasteiger charge is 2.41. The standard InChI is InChI=1S/C21H23NO5/c1-25-18-7-5-13(6-8-18)20-22-17(11-26-20)12-27-21(24)16-9-14-3-2-4-15(10-16)19(14)23/h5-8,11,14-16H,2-4,9-10,12H2,1H3. The largest absolute Gasteiger partial charge is 0.497 e. The van der Waals surface area contributed by atoms with E-state index in [4.69, 9.17) is 13.9 Å². The molecule has 2 unspecified atom stereocenters. The maximum Gasteiger partial charge on any atom is 0.309 e. The molecule has 6 heteroatoms. The Labute approximate surface area is 157 Å². The first kappa shape index (κ1) is 17.8. The number of hydrogen-bond donors (Lipinski definition) is 0. The normalized spacial score (nSPS) is 24.5. The molecule has 1 aromatic carbocycles. The van der Waals surface area contributed by atoms with Crippen molar-refractivity contribution in [3.05, 3.63) is 36.2 Å². The van der Waals surface area contributed by atoms with Crippen LogP contribution in [0.5, 0.6) is 5.75 Å². The highest BCUT2D eigenvalue weighted by atomic mass is 16.5. The number of methoxy groups -OCH3 is 1.